The van der Waals surface area contributed by atoms with Crippen molar-refractivity contribution in [1.29, 1.82) is 0 Å². The van der Waals surface area contributed by atoms with Crippen molar-refractivity contribution in [3.8, 4) is 11.5 Å². The Morgan fingerprint density at radius 2 is 1.89 bits per heavy atom. The minimum atomic E-state index is -0.631. The Labute approximate surface area is 165 Å². The Bertz CT molecular complexity index is 1060. The zero-order valence-corrected chi connectivity index (χ0v) is 16.7. The number of hydrogen-bond donors (Lipinski definition) is 0. The largest absolute Gasteiger partial charge is 0.493 e. The van der Waals surface area contributed by atoms with Gasteiger partial charge < -0.3 is 18.8 Å². The van der Waals surface area contributed by atoms with E-state index in [9.17, 15) is 9.18 Å². The minimum Gasteiger partial charge on any atom is -0.493 e. The highest BCUT2D eigenvalue weighted by molar-refractivity contribution is 7.16. The fourth-order valence-electron chi connectivity index (χ4n) is 2.78. The van der Waals surface area contributed by atoms with Gasteiger partial charge in [-0.1, -0.05) is 23.5 Å². The van der Waals surface area contributed by atoms with Crippen LogP contribution in [0.5, 0.6) is 11.5 Å². The molecule has 0 saturated carbocycles. The molecule has 28 heavy (non-hydrogen) atoms. The van der Waals surface area contributed by atoms with Gasteiger partial charge in [-0.05, 0) is 19.1 Å². The summed E-state index contributed by atoms with van der Waals surface area (Å²) in [6.07, 6.45) is 0. The number of amides is 1. The number of thiazole rings is 1. The average molecular weight is 404 g/mol. The van der Waals surface area contributed by atoms with Crippen LogP contribution in [0.2, 0.25) is 0 Å². The van der Waals surface area contributed by atoms with E-state index in [2.05, 4.69) is 4.99 Å². The van der Waals surface area contributed by atoms with E-state index >= 15 is 0 Å². The number of fused-ring (bicyclic) bond motifs is 1. The second-order valence-corrected chi connectivity index (χ2v) is 6.81. The number of carbonyl (C=O) groups is 1. The topological polar surface area (TPSA) is 62.1 Å². The molecule has 0 radical (unpaired) electrons. The van der Waals surface area contributed by atoms with E-state index in [1.807, 2.05) is 23.6 Å². The van der Waals surface area contributed by atoms with Crippen LogP contribution in [-0.4, -0.2) is 37.9 Å². The molecule has 0 N–H and O–H groups in total. The van der Waals surface area contributed by atoms with Crippen molar-refractivity contribution in [3.63, 3.8) is 0 Å². The fourth-order valence-corrected chi connectivity index (χ4v) is 3.84. The molecule has 0 spiro atoms. The third-order valence-electron chi connectivity index (χ3n) is 4.15. The number of ether oxygens (including phenoxy) is 3. The molecule has 1 heterocycles. The van der Waals surface area contributed by atoms with Crippen LogP contribution in [0.15, 0.2) is 41.4 Å². The first-order valence-corrected chi connectivity index (χ1v) is 9.57. The lowest BCUT2D eigenvalue weighted by atomic mass is 10.2. The Morgan fingerprint density at radius 3 is 2.57 bits per heavy atom. The molecule has 8 heteroatoms. The van der Waals surface area contributed by atoms with E-state index in [0.29, 0.717) is 36.1 Å². The zero-order valence-electron chi connectivity index (χ0n) is 15.9. The molecule has 1 aromatic heterocycles. The van der Waals surface area contributed by atoms with Gasteiger partial charge in [0, 0.05) is 25.3 Å². The summed E-state index contributed by atoms with van der Waals surface area (Å²) in [6.45, 7) is 3.45. The van der Waals surface area contributed by atoms with Crippen molar-refractivity contribution < 1.29 is 23.4 Å². The lowest BCUT2D eigenvalue weighted by molar-refractivity contribution is 0.0993. The zero-order chi connectivity index (χ0) is 20.1. The highest BCUT2D eigenvalue weighted by Gasteiger charge is 2.15. The first kappa shape index (κ1) is 20.0. The van der Waals surface area contributed by atoms with Crippen LogP contribution in [0.3, 0.4) is 0 Å². The maximum absolute atomic E-state index is 14.0. The summed E-state index contributed by atoms with van der Waals surface area (Å²) in [7, 11) is 3.13. The molecule has 148 valence electrons. The Hall–Kier alpha value is -2.71. The van der Waals surface area contributed by atoms with Crippen molar-refractivity contribution in [3.05, 3.63) is 52.6 Å². The van der Waals surface area contributed by atoms with Crippen LogP contribution in [0.4, 0.5) is 4.39 Å². The van der Waals surface area contributed by atoms with E-state index in [4.69, 9.17) is 14.2 Å². The smallest absolute Gasteiger partial charge is 0.282 e. The van der Waals surface area contributed by atoms with Crippen molar-refractivity contribution in [2.75, 3.05) is 27.4 Å². The fraction of sp³-hybridized carbons (Fsp3) is 0.300. The summed E-state index contributed by atoms with van der Waals surface area (Å²) in [5.41, 5.74) is 0.772. The average Bonchev–Trinajstić information content (AvgIpc) is 3.03. The van der Waals surface area contributed by atoms with E-state index < -0.39 is 11.7 Å². The number of rotatable bonds is 7. The van der Waals surface area contributed by atoms with Crippen molar-refractivity contribution in [2.24, 2.45) is 4.99 Å². The van der Waals surface area contributed by atoms with Gasteiger partial charge in [-0.25, -0.2) is 4.39 Å². The van der Waals surface area contributed by atoms with E-state index in [1.165, 1.54) is 29.5 Å². The predicted molar refractivity (Wildman–Crippen MR) is 106 cm³/mol. The van der Waals surface area contributed by atoms with Gasteiger partial charge in [-0.3, -0.25) is 4.79 Å². The maximum atomic E-state index is 14.0. The Balaban J connectivity index is 2.15. The number of benzene rings is 2. The summed E-state index contributed by atoms with van der Waals surface area (Å²) >= 11 is 1.32. The molecule has 0 atom stereocenters. The Kier molecular flexibility index (Phi) is 6.43. The molecule has 0 saturated heterocycles. The summed E-state index contributed by atoms with van der Waals surface area (Å²) in [6, 6.07) is 9.48. The van der Waals surface area contributed by atoms with Crippen molar-refractivity contribution in [1.82, 2.24) is 4.57 Å². The SMILES string of the molecule is CCOCCn1c(=NC(=O)c2ccccc2F)sc2cc(OC)c(OC)cc21. The standard InChI is InChI=1S/C20H21FN2O4S/c1-4-27-10-9-23-15-11-16(25-2)17(26-3)12-18(15)28-20(23)22-19(24)13-7-5-6-8-14(13)21/h5-8,11-12H,4,9-10H2,1-3H3. The van der Waals surface area contributed by atoms with Crippen molar-refractivity contribution >= 4 is 27.5 Å². The lowest BCUT2D eigenvalue weighted by Crippen LogP contribution is -2.20. The number of aromatic nitrogens is 1. The summed E-state index contributed by atoms with van der Waals surface area (Å²) in [5, 5.41) is 0. The number of carbonyl (C=O) groups excluding carboxylic acids is 1. The maximum Gasteiger partial charge on any atom is 0.282 e. The molecule has 0 aliphatic heterocycles. The summed E-state index contributed by atoms with van der Waals surface area (Å²) in [4.78, 5) is 17.2. The molecule has 0 unspecified atom stereocenters. The van der Waals surface area contributed by atoms with E-state index in [0.717, 1.165) is 10.2 Å². The highest BCUT2D eigenvalue weighted by atomic mass is 32.1. The van der Waals surface area contributed by atoms with Crippen LogP contribution in [0.25, 0.3) is 10.2 Å². The molecular weight excluding hydrogens is 383 g/mol. The molecule has 3 aromatic rings. The van der Waals surface area contributed by atoms with Crippen LogP contribution < -0.4 is 14.3 Å². The first-order chi connectivity index (χ1) is 13.6. The molecule has 1 amide bonds. The van der Waals surface area contributed by atoms with Gasteiger partial charge in [0.05, 0.1) is 36.6 Å². The number of hydrogen-bond acceptors (Lipinski definition) is 5. The lowest BCUT2D eigenvalue weighted by Gasteiger charge is -2.09. The highest BCUT2D eigenvalue weighted by Crippen LogP contribution is 2.33. The quantitative estimate of drug-likeness (QED) is 0.564. The van der Waals surface area contributed by atoms with Gasteiger partial charge in [0.1, 0.15) is 5.82 Å². The second-order valence-electron chi connectivity index (χ2n) is 5.80. The van der Waals surface area contributed by atoms with Gasteiger partial charge >= 0.3 is 0 Å². The minimum absolute atomic E-state index is 0.0634. The molecule has 2 aromatic carbocycles. The van der Waals surface area contributed by atoms with Gasteiger partial charge in [0.15, 0.2) is 16.3 Å². The van der Waals surface area contributed by atoms with Gasteiger partial charge in [-0.2, -0.15) is 4.99 Å². The molecule has 6 nitrogen and oxygen atoms in total. The van der Waals surface area contributed by atoms with Crippen LogP contribution >= 0.6 is 11.3 Å². The van der Waals surface area contributed by atoms with Gasteiger partial charge in [0.25, 0.3) is 5.91 Å². The molecular formula is C20H21FN2O4S. The van der Waals surface area contributed by atoms with Crippen molar-refractivity contribution in [2.45, 2.75) is 13.5 Å². The molecule has 0 aliphatic rings. The van der Waals surface area contributed by atoms with Crippen LogP contribution in [-0.2, 0) is 11.3 Å². The van der Waals surface area contributed by atoms with Crippen LogP contribution in [0, 0.1) is 5.82 Å². The first-order valence-electron chi connectivity index (χ1n) is 8.75. The molecule has 0 bridgehead atoms. The molecule has 0 fully saturated rings. The number of methoxy groups -OCH3 is 2. The van der Waals surface area contributed by atoms with Crippen LogP contribution in [0.1, 0.15) is 17.3 Å². The third kappa shape index (κ3) is 4.07. The molecule has 0 aliphatic carbocycles. The van der Waals surface area contributed by atoms with E-state index in [-0.39, 0.29) is 5.56 Å². The molecule has 3 rings (SSSR count). The Morgan fingerprint density at radius 1 is 1.18 bits per heavy atom. The van der Waals surface area contributed by atoms with E-state index in [1.54, 1.807) is 20.3 Å². The second kappa shape index (κ2) is 8.99. The monoisotopic (exact) mass is 404 g/mol. The number of nitrogens with zero attached hydrogens (tertiary/aromatic N) is 2. The summed E-state index contributed by atoms with van der Waals surface area (Å²) < 4.78 is 32.9. The third-order valence-corrected chi connectivity index (χ3v) is 5.19. The summed E-state index contributed by atoms with van der Waals surface area (Å²) in [5.74, 6) is -0.0690. The predicted octanol–water partition coefficient (Wildman–Crippen LogP) is 3.64. The van der Waals surface area contributed by atoms with Gasteiger partial charge in [0.2, 0.25) is 0 Å². The number of halogens is 1. The normalized spacial score (nSPS) is 11.8. The van der Waals surface area contributed by atoms with Gasteiger partial charge in [-0.15, -0.1) is 0 Å².